The third kappa shape index (κ3) is 3.69. The smallest absolute Gasteiger partial charge is 0.236 e. The number of carbonyl (C=O) groups excluding carboxylic acids is 1. The van der Waals surface area contributed by atoms with Crippen LogP contribution in [0.4, 0.5) is 15.8 Å². The lowest BCUT2D eigenvalue weighted by atomic mass is 9.78. The number of ether oxygens (including phenoxy) is 1. The molecule has 0 spiro atoms. The van der Waals surface area contributed by atoms with E-state index in [9.17, 15) is 9.18 Å². The molecule has 0 unspecified atom stereocenters. The van der Waals surface area contributed by atoms with Gasteiger partial charge in [-0.15, -0.1) is 0 Å². The first-order valence-corrected chi connectivity index (χ1v) is 11.7. The average Bonchev–Trinajstić information content (AvgIpc) is 2.77. The van der Waals surface area contributed by atoms with Gasteiger partial charge in [-0.2, -0.15) is 0 Å². The third-order valence-corrected chi connectivity index (χ3v) is 7.00. The predicted molar refractivity (Wildman–Crippen MR) is 136 cm³/mol. The highest BCUT2D eigenvalue weighted by atomic mass is 35.5. The zero-order valence-electron chi connectivity index (χ0n) is 18.9. The average molecular weight is 496 g/mol. The fourth-order valence-electron chi connectivity index (χ4n) is 4.90. The summed E-state index contributed by atoms with van der Waals surface area (Å²) in [4.78, 5) is 15.6. The van der Waals surface area contributed by atoms with Crippen molar-refractivity contribution in [2.75, 3.05) is 10.2 Å². The van der Waals surface area contributed by atoms with Crippen molar-refractivity contribution in [3.63, 3.8) is 0 Å². The molecule has 3 atom stereocenters. The molecule has 5 rings (SSSR count). The zero-order valence-corrected chi connectivity index (χ0v) is 20.4. The van der Waals surface area contributed by atoms with Gasteiger partial charge in [-0.3, -0.25) is 9.69 Å². The number of hydrogen-bond donors (Lipinski definition) is 2. The Balaban J connectivity index is 1.63. The van der Waals surface area contributed by atoms with E-state index in [1.54, 1.807) is 35.2 Å². The number of hydrogen-bond acceptors (Lipinski definition) is 3. The van der Waals surface area contributed by atoms with E-state index in [1.165, 1.54) is 12.1 Å². The second-order valence-electron chi connectivity index (χ2n) is 8.86. The first-order valence-electron chi connectivity index (χ1n) is 10.9. The van der Waals surface area contributed by atoms with Gasteiger partial charge < -0.3 is 15.4 Å². The molecule has 3 aromatic carbocycles. The van der Waals surface area contributed by atoms with E-state index in [4.69, 9.17) is 28.6 Å². The van der Waals surface area contributed by atoms with Crippen LogP contribution >= 0.6 is 23.8 Å². The van der Waals surface area contributed by atoms with E-state index in [0.717, 1.165) is 22.4 Å². The number of nitrogens with one attached hydrogen (secondary N) is 2. The first-order chi connectivity index (χ1) is 16.2. The number of thiocarbonyl (C=S) groups is 1. The van der Waals surface area contributed by atoms with Gasteiger partial charge in [0.1, 0.15) is 17.5 Å². The number of rotatable bonds is 3. The summed E-state index contributed by atoms with van der Waals surface area (Å²) < 4.78 is 20.2. The molecule has 2 bridgehead atoms. The van der Waals surface area contributed by atoms with Crippen LogP contribution in [0.1, 0.15) is 29.7 Å². The van der Waals surface area contributed by atoms with E-state index < -0.39 is 17.7 Å². The number of nitrogens with zero attached hydrogens (tertiary/aromatic N) is 1. The van der Waals surface area contributed by atoms with Crippen LogP contribution in [-0.2, 0) is 4.79 Å². The summed E-state index contributed by atoms with van der Waals surface area (Å²) in [6.07, 6.45) is 0. The van der Waals surface area contributed by atoms with Gasteiger partial charge in [0, 0.05) is 22.0 Å². The van der Waals surface area contributed by atoms with Crippen LogP contribution in [-0.4, -0.2) is 16.7 Å². The standard InChI is InChI=1S/C26H23ClFN3O2S/c1-14-4-10-20(15(2)12-14)29-24(32)22-23-19-13-16(27)5-11-21(19)33-26(22,3)31(25(34)30-23)18-8-6-17(28)7-9-18/h4-13,22-23H,1-3H3,(H,29,32)(H,30,34)/t22-,23-,26+/m1/s1. The summed E-state index contributed by atoms with van der Waals surface area (Å²) in [7, 11) is 0. The molecule has 1 amide bonds. The lowest BCUT2D eigenvalue weighted by molar-refractivity contribution is -0.130. The predicted octanol–water partition coefficient (Wildman–Crippen LogP) is 5.90. The molecule has 2 aliphatic rings. The second-order valence-corrected chi connectivity index (χ2v) is 9.69. The molecule has 3 aromatic rings. The summed E-state index contributed by atoms with van der Waals surface area (Å²) in [5.41, 5.74) is 2.98. The molecule has 2 heterocycles. The number of carbonyl (C=O) groups is 1. The van der Waals surface area contributed by atoms with Crippen LogP contribution in [0.25, 0.3) is 0 Å². The van der Waals surface area contributed by atoms with Crippen molar-refractivity contribution in [3.05, 3.63) is 88.2 Å². The van der Waals surface area contributed by atoms with E-state index in [-0.39, 0.29) is 11.7 Å². The number of aryl methyl sites for hydroxylation is 2. The van der Waals surface area contributed by atoms with E-state index >= 15 is 0 Å². The van der Waals surface area contributed by atoms with Crippen molar-refractivity contribution >= 4 is 46.2 Å². The van der Waals surface area contributed by atoms with Crippen molar-refractivity contribution in [2.45, 2.75) is 32.5 Å². The molecule has 2 N–H and O–H groups in total. The molecule has 34 heavy (non-hydrogen) atoms. The lowest BCUT2D eigenvalue weighted by Crippen LogP contribution is -2.72. The Labute approximate surface area is 207 Å². The monoisotopic (exact) mass is 495 g/mol. The summed E-state index contributed by atoms with van der Waals surface area (Å²) in [6.45, 7) is 5.79. The van der Waals surface area contributed by atoms with Crippen LogP contribution in [0.5, 0.6) is 5.75 Å². The Morgan fingerprint density at radius 2 is 1.88 bits per heavy atom. The van der Waals surface area contributed by atoms with Gasteiger partial charge >= 0.3 is 0 Å². The fourth-order valence-corrected chi connectivity index (χ4v) is 5.49. The summed E-state index contributed by atoms with van der Waals surface area (Å²) in [5.74, 6) is -0.700. The van der Waals surface area contributed by atoms with E-state index in [0.29, 0.717) is 21.6 Å². The van der Waals surface area contributed by atoms with Crippen LogP contribution in [0, 0.1) is 25.6 Å². The highest BCUT2D eigenvalue weighted by Crippen LogP contribution is 2.50. The molecule has 0 saturated carbocycles. The van der Waals surface area contributed by atoms with Gasteiger partial charge in [-0.05, 0) is 87.1 Å². The molecule has 2 aliphatic heterocycles. The molecule has 5 nitrogen and oxygen atoms in total. The van der Waals surface area contributed by atoms with Crippen molar-refractivity contribution in [1.82, 2.24) is 5.32 Å². The van der Waals surface area contributed by atoms with Crippen LogP contribution in [0.3, 0.4) is 0 Å². The van der Waals surface area contributed by atoms with Crippen molar-refractivity contribution < 1.29 is 13.9 Å². The summed E-state index contributed by atoms with van der Waals surface area (Å²) in [6, 6.07) is 16.7. The Hall–Kier alpha value is -3.16. The van der Waals surface area contributed by atoms with E-state index in [2.05, 4.69) is 10.6 Å². The molecule has 0 aromatic heterocycles. The van der Waals surface area contributed by atoms with Gasteiger partial charge in [0.05, 0.1) is 6.04 Å². The van der Waals surface area contributed by atoms with Crippen LogP contribution in [0.2, 0.25) is 5.02 Å². The number of halogens is 2. The maximum atomic E-state index is 13.9. The first kappa shape index (κ1) is 22.6. The second kappa shape index (κ2) is 8.25. The highest BCUT2D eigenvalue weighted by Gasteiger charge is 2.59. The number of benzene rings is 3. The van der Waals surface area contributed by atoms with Gasteiger partial charge in [-0.1, -0.05) is 29.3 Å². The van der Waals surface area contributed by atoms with Crippen molar-refractivity contribution in [2.24, 2.45) is 5.92 Å². The van der Waals surface area contributed by atoms with Gasteiger partial charge in [-0.25, -0.2) is 4.39 Å². The Morgan fingerprint density at radius 3 is 2.59 bits per heavy atom. The number of fused-ring (bicyclic) bond motifs is 4. The lowest BCUT2D eigenvalue weighted by Gasteiger charge is -2.56. The topological polar surface area (TPSA) is 53.6 Å². The highest BCUT2D eigenvalue weighted by molar-refractivity contribution is 7.80. The molecule has 8 heteroatoms. The van der Waals surface area contributed by atoms with Gasteiger partial charge in [0.25, 0.3) is 0 Å². The summed E-state index contributed by atoms with van der Waals surface area (Å²) >= 11 is 12.0. The van der Waals surface area contributed by atoms with Crippen molar-refractivity contribution in [1.29, 1.82) is 0 Å². The SMILES string of the molecule is Cc1ccc(NC(=O)[C@H]2[C@@H]3NC(=S)N(c4ccc(F)cc4)[C@@]2(C)Oc2ccc(Cl)cc23)c(C)c1. The molecule has 0 aliphatic carbocycles. The normalized spacial score (nSPS) is 23.0. The maximum absolute atomic E-state index is 13.9. The Bertz CT molecular complexity index is 1320. The van der Waals surface area contributed by atoms with Gasteiger partial charge in [0.2, 0.25) is 5.91 Å². The number of anilines is 2. The fraction of sp³-hybridized carbons (Fsp3) is 0.231. The van der Waals surface area contributed by atoms with E-state index in [1.807, 2.05) is 39.0 Å². The quantitative estimate of drug-likeness (QED) is 0.443. The minimum Gasteiger partial charge on any atom is -0.467 e. The molecular weight excluding hydrogens is 473 g/mol. The largest absolute Gasteiger partial charge is 0.467 e. The van der Waals surface area contributed by atoms with Crippen LogP contribution < -0.4 is 20.3 Å². The Morgan fingerprint density at radius 1 is 1.15 bits per heavy atom. The zero-order chi connectivity index (χ0) is 24.2. The molecular formula is C26H23ClFN3O2S. The molecule has 0 radical (unpaired) electrons. The molecule has 174 valence electrons. The Kier molecular flexibility index (Phi) is 5.49. The van der Waals surface area contributed by atoms with Gasteiger partial charge in [0.15, 0.2) is 10.8 Å². The minimum atomic E-state index is -1.19. The van der Waals surface area contributed by atoms with Crippen molar-refractivity contribution in [3.8, 4) is 5.75 Å². The molecule has 1 saturated heterocycles. The summed E-state index contributed by atoms with van der Waals surface area (Å²) in [5, 5.41) is 7.32. The maximum Gasteiger partial charge on any atom is 0.236 e. The third-order valence-electron chi connectivity index (χ3n) is 6.47. The van der Waals surface area contributed by atoms with Crippen LogP contribution in [0.15, 0.2) is 60.7 Å². The molecule has 1 fully saturated rings. The number of amides is 1. The minimum absolute atomic E-state index is 0.229.